The van der Waals surface area contributed by atoms with Crippen molar-refractivity contribution >= 4 is 23.2 Å². The van der Waals surface area contributed by atoms with Gasteiger partial charge in [0.2, 0.25) is 5.91 Å². The molecule has 2 saturated heterocycles. The molecule has 142 valence electrons. The van der Waals surface area contributed by atoms with E-state index in [1.807, 2.05) is 35.8 Å². The molecule has 5 nitrogen and oxygen atoms in total. The minimum absolute atomic E-state index is 0.165. The van der Waals surface area contributed by atoms with Gasteiger partial charge < -0.3 is 14.7 Å². The molecule has 3 heterocycles. The van der Waals surface area contributed by atoms with E-state index < -0.39 is 0 Å². The summed E-state index contributed by atoms with van der Waals surface area (Å²) in [6.45, 7) is 3.54. The smallest absolute Gasteiger partial charge is 0.254 e. The molecular weight excluding hydrogens is 346 g/mol. The van der Waals surface area contributed by atoms with Gasteiger partial charge in [-0.05, 0) is 55.5 Å². The first-order valence-corrected chi connectivity index (χ1v) is 10.5. The summed E-state index contributed by atoms with van der Waals surface area (Å²) in [4.78, 5) is 31.9. The topological polar surface area (TPSA) is 43.9 Å². The van der Waals surface area contributed by atoms with Gasteiger partial charge in [-0.3, -0.25) is 9.59 Å². The second kappa shape index (κ2) is 6.34. The van der Waals surface area contributed by atoms with Crippen molar-refractivity contribution < 1.29 is 9.59 Å². The molecule has 2 atom stereocenters. The summed E-state index contributed by atoms with van der Waals surface area (Å²) in [6, 6.07) is 1.92. The molecule has 1 aromatic rings. The van der Waals surface area contributed by atoms with Gasteiger partial charge in [-0.15, -0.1) is 0 Å². The second-order valence-electron chi connectivity index (χ2n) is 8.77. The van der Waals surface area contributed by atoms with E-state index in [0.29, 0.717) is 11.8 Å². The lowest BCUT2D eigenvalue weighted by Gasteiger charge is -2.44. The van der Waals surface area contributed by atoms with Gasteiger partial charge in [-0.25, -0.2) is 0 Å². The van der Waals surface area contributed by atoms with E-state index in [9.17, 15) is 9.59 Å². The van der Waals surface area contributed by atoms with Crippen LogP contribution in [0.5, 0.6) is 0 Å². The summed E-state index contributed by atoms with van der Waals surface area (Å²) in [7, 11) is 5.92. The Hall–Kier alpha value is -1.40. The average molecular weight is 376 g/mol. The molecule has 3 fully saturated rings. The third-order valence-electron chi connectivity index (χ3n) is 7.17. The van der Waals surface area contributed by atoms with Crippen LogP contribution in [0.25, 0.3) is 0 Å². The molecule has 0 N–H and O–H groups in total. The largest absolute Gasteiger partial charge is 0.348 e. The van der Waals surface area contributed by atoms with Crippen LogP contribution in [-0.2, 0) is 4.79 Å². The van der Waals surface area contributed by atoms with Crippen molar-refractivity contribution in [1.29, 1.82) is 0 Å². The molecule has 0 radical (unpaired) electrons. The summed E-state index contributed by atoms with van der Waals surface area (Å²) < 4.78 is 0. The molecule has 1 aromatic heterocycles. The van der Waals surface area contributed by atoms with Gasteiger partial charge >= 0.3 is 0 Å². The Morgan fingerprint density at radius 1 is 1.19 bits per heavy atom. The molecule has 2 amide bonds. The Morgan fingerprint density at radius 2 is 1.92 bits per heavy atom. The van der Waals surface area contributed by atoms with Crippen molar-refractivity contribution in [2.75, 3.05) is 47.3 Å². The van der Waals surface area contributed by atoms with E-state index in [1.165, 1.54) is 0 Å². The van der Waals surface area contributed by atoms with Crippen molar-refractivity contribution in [3.8, 4) is 0 Å². The van der Waals surface area contributed by atoms with Gasteiger partial charge in [0, 0.05) is 45.7 Å². The first-order chi connectivity index (χ1) is 12.4. The van der Waals surface area contributed by atoms with Gasteiger partial charge in [0.05, 0.1) is 11.0 Å². The van der Waals surface area contributed by atoms with Gasteiger partial charge in [-0.1, -0.05) is 0 Å². The predicted octanol–water partition coefficient (Wildman–Crippen LogP) is 2.40. The van der Waals surface area contributed by atoms with E-state index in [4.69, 9.17) is 0 Å². The van der Waals surface area contributed by atoms with Crippen LogP contribution in [0.4, 0.5) is 0 Å². The fourth-order valence-electron chi connectivity index (χ4n) is 5.91. The summed E-state index contributed by atoms with van der Waals surface area (Å²) in [5.74, 6) is 0.895. The lowest BCUT2D eigenvalue weighted by atomic mass is 9.65. The van der Waals surface area contributed by atoms with Crippen LogP contribution in [0, 0.1) is 16.7 Å². The standard InChI is InChI=1S/C20H29N3O2S/c1-21(2)18(25)20-6-5-19(16(20)12-22(3)14-20)7-9-23(10-8-19)17(24)15-4-11-26-13-15/h4,11,13,16H,5-10,12,14H2,1-3H3/t16-,20+/m1/s1. The molecular formula is C20H29N3O2S. The Morgan fingerprint density at radius 3 is 2.54 bits per heavy atom. The molecule has 4 rings (SSSR count). The maximum atomic E-state index is 13.1. The van der Waals surface area contributed by atoms with E-state index in [2.05, 4.69) is 11.9 Å². The Labute approximate surface area is 159 Å². The number of likely N-dealkylation sites (tertiary alicyclic amines) is 2. The third kappa shape index (κ3) is 2.61. The highest BCUT2D eigenvalue weighted by molar-refractivity contribution is 7.08. The monoisotopic (exact) mass is 375 g/mol. The highest BCUT2D eigenvalue weighted by Gasteiger charge is 2.64. The zero-order chi connectivity index (χ0) is 18.5. The van der Waals surface area contributed by atoms with E-state index in [0.717, 1.165) is 57.4 Å². The zero-order valence-electron chi connectivity index (χ0n) is 16.0. The molecule has 1 spiro atoms. The minimum Gasteiger partial charge on any atom is -0.348 e. The van der Waals surface area contributed by atoms with Crippen molar-refractivity contribution in [2.45, 2.75) is 25.7 Å². The third-order valence-corrected chi connectivity index (χ3v) is 7.85. The summed E-state index contributed by atoms with van der Waals surface area (Å²) >= 11 is 1.57. The van der Waals surface area contributed by atoms with Crippen molar-refractivity contribution in [1.82, 2.24) is 14.7 Å². The second-order valence-corrected chi connectivity index (χ2v) is 9.55. The van der Waals surface area contributed by atoms with Gasteiger partial charge in [-0.2, -0.15) is 11.3 Å². The molecule has 0 unspecified atom stereocenters. The molecule has 1 aliphatic carbocycles. The van der Waals surface area contributed by atoms with Gasteiger partial charge in [0.15, 0.2) is 0 Å². The molecule has 2 aliphatic heterocycles. The number of carbonyl (C=O) groups is 2. The molecule has 6 heteroatoms. The normalized spacial score (nSPS) is 30.6. The Bertz CT molecular complexity index is 694. The highest BCUT2D eigenvalue weighted by Crippen LogP contribution is 2.62. The summed E-state index contributed by atoms with van der Waals surface area (Å²) in [6.07, 6.45) is 4.19. The van der Waals surface area contributed by atoms with Gasteiger partial charge in [0.1, 0.15) is 0 Å². The molecule has 1 saturated carbocycles. The first kappa shape index (κ1) is 18.0. The Balaban J connectivity index is 1.52. The number of rotatable bonds is 2. The maximum Gasteiger partial charge on any atom is 0.254 e. The molecule has 26 heavy (non-hydrogen) atoms. The first-order valence-electron chi connectivity index (χ1n) is 9.60. The lowest BCUT2D eigenvalue weighted by Crippen LogP contribution is -2.49. The van der Waals surface area contributed by atoms with Gasteiger partial charge in [0.25, 0.3) is 5.91 Å². The number of piperidine rings is 1. The van der Waals surface area contributed by atoms with E-state index in [1.54, 1.807) is 16.2 Å². The zero-order valence-corrected chi connectivity index (χ0v) is 16.8. The molecule has 3 aliphatic rings. The summed E-state index contributed by atoms with van der Waals surface area (Å²) in [5.41, 5.74) is 0.828. The fourth-order valence-corrected chi connectivity index (χ4v) is 6.54. The van der Waals surface area contributed by atoms with Crippen LogP contribution in [0.3, 0.4) is 0 Å². The van der Waals surface area contributed by atoms with Crippen LogP contribution in [0.1, 0.15) is 36.0 Å². The highest BCUT2D eigenvalue weighted by atomic mass is 32.1. The number of amides is 2. The fraction of sp³-hybridized carbons (Fsp3) is 0.700. The number of fused-ring (bicyclic) bond motifs is 2. The number of thiophene rings is 1. The average Bonchev–Trinajstić information content (AvgIpc) is 3.32. The van der Waals surface area contributed by atoms with E-state index >= 15 is 0 Å². The van der Waals surface area contributed by atoms with Crippen molar-refractivity contribution in [3.63, 3.8) is 0 Å². The van der Waals surface area contributed by atoms with Crippen LogP contribution in [-0.4, -0.2) is 73.8 Å². The van der Waals surface area contributed by atoms with E-state index in [-0.39, 0.29) is 16.7 Å². The van der Waals surface area contributed by atoms with Crippen LogP contribution < -0.4 is 0 Å². The minimum atomic E-state index is -0.211. The molecule has 0 aromatic carbocycles. The van der Waals surface area contributed by atoms with Crippen LogP contribution >= 0.6 is 11.3 Å². The van der Waals surface area contributed by atoms with Crippen LogP contribution in [0.15, 0.2) is 16.8 Å². The number of hydrogen-bond donors (Lipinski definition) is 0. The quantitative estimate of drug-likeness (QED) is 0.797. The number of nitrogens with zero attached hydrogens (tertiary/aromatic N) is 3. The molecule has 0 bridgehead atoms. The lowest BCUT2D eigenvalue weighted by molar-refractivity contribution is -0.141. The van der Waals surface area contributed by atoms with Crippen LogP contribution in [0.2, 0.25) is 0 Å². The number of carbonyl (C=O) groups excluding carboxylic acids is 2. The number of hydrogen-bond acceptors (Lipinski definition) is 4. The maximum absolute atomic E-state index is 13.1. The van der Waals surface area contributed by atoms with Crippen molar-refractivity contribution in [2.24, 2.45) is 16.7 Å². The predicted molar refractivity (Wildman–Crippen MR) is 103 cm³/mol. The van der Waals surface area contributed by atoms with Crippen molar-refractivity contribution in [3.05, 3.63) is 22.4 Å². The Kier molecular flexibility index (Phi) is 4.39. The summed E-state index contributed by atoms with van der Waals surface area (Å²) in [5, 5.41) is 3.90. The SMILES string of the molecule is CN1C[C@@H]2C3(CCN(C(=O)c4ccsc4)CC3)CC[C@]2(C(=O)N(C)C)C1.